The normalized spacial score (nSPS) is 11.1. The Kier molecular flexibility index (Phi) is 7.05. The van der Waals surface area contributed by atoms with Crippen molar-refractivity contribution in [1.82, 2.24) is 0 Å². The summed E-state index contributed by atoms with van der Waals surface area (Å²) in [6.07, 6.45) is 0. The van der Waals surface area contributed by atoms with Gasteiger partial charge >= 0.3 is 11.9 Å². The minimum atomic E-state index is -4.47. The van der Waals surface area contributed by atoms with Gasteiger partial charge in [0, 0.05) is 6.07 Å². The highest BCUT2D eigenvalue weighted by molar-refractivity contribution is 7.92. The first-order chi connectivity index (χ1) is 14.0. The molecule has 0 aliphatic carbocycles. The Morgan fingerprint density at radius 3 is 2.27 bits per heavy atom. The number of carbonyl (C=O) groups excluding carboxylic acids is 2. The van der Waals surface area contributed by atoms with Crippen LogP contribution in [0.5, 0.6) is 0 Å². The monoisotopic (exact) mass is 460 g/mol. The van der Waals surface area contributed by atoms with Gasteiger partial charge in [-0.05, 0) is 32.9 Å². The molecule has 1 N–H and O–H groups in total. The molecule has 1 aromatic heterocycles. The number of rotatable bonds is 8. The first kappa shape index (κ1) is 23.2. The molecule has 0 atom stereocenters. The van der Waals surface area contributed by atoms with E-state index in [1.807, 2.05) is 4.72 Å². The highest BCUT2D eigenvalue weighted by atomic mass is 35.5. The summed E-state index contributed by atoms with van der Waals surface area (Å²) in [5.41, 5.74) is -1.40. The maximum absolute atomic E-state index is 12.7. The van der Waals surface area contributed by atoms with E-state index in [9.17, 15) is 28.1 Å². The molecule has 162 valence electrons. The lowest BCUT2D eigenvalue weighted by atomic mass is 10.1. The Morgan fingerprint density at radius 2 is 1.73 bits per heavy atom. The third-order valence-corrected chi connectivity index (χ3v) is 5.34. The van der Waals surface area contributed by atoms with E-state index in [0.29, 0.717) is 0 Å². The molecule has 11 nitrogen and oxygen atoms in total. The second-order valence-electron chi connectivity index (χ2n) is 5.65. The number of sulfonamides is 1. The van der Waals surface area contributed by atoms with E-state index in [-0.39, 0.29) is 29.6 Å². The lowest BCUT2D eigenvalue weighted by molar-refractivity contribution is -0.384. The number of anilines is 1. The van der Waals surface area contributed by atoms with Gasteiger partial charge in [-0.15, -0.1) is 0 Å². The van der Waals surface area contributed by atoms with Crippen molar-refractivity contribution in [3.05, 3.63) is 50.2 Å². The topological polar surface area (TPSA) is 155 Å². The summed E-state index contributed by atoms with van der Waals surface area (Å²) in [4.78, 5) is 34.3. The van der Waals surface area contributed by atoms with Gasteiger partial charge in [-0.1, -0.05) is 11.6 Å². The molecule has 0 radical (unpaired) electrons. The van der Waals surface area contributed by atoms with E-state index >= 15 is 0 Å². The lowest BCUT2D eigenvalue weighted by Crippen LogP contribution is -2.18. The molecule has 0 unspecified atom stereocenters. The second-order valence-corrected chi connectivity index (χ2v) is 7.74. The van der Waals surface area contributed by atoms with Gasteiger partial charge in [-0.3, -0.25) is 10.1 Å². The SMILES string of the molecule is CCOC(=O)c1c(C)oc(NS(=O)(=O)c2ccc(Cl)c([N+](=O)[O-])c2)c1C(=O)OCC. The highest BCUT2D eigenvalue weighted by Gasteiger charge is 2.33. The van der Waals surface area contributed by atoms with Crippen LogP contribution in [-0.2, 0) is 19.5 Å². The van der Waals surface area contributed by atoms with Crippen LogP contribution in [0, 0.1) is 17.0 Å². The number of hydrogen-bond acceptors (Lipinski definition) is 9. The number of nitro groups is 1. The van der Waals surface area contributed by atoms with Crippen molar-refractivity contribution in [1.29, 1.82) is 0 Å². The molecule has 0 fully saturated rings. The van der Waals surface area contributed by atoms with E-state index in [1.54, 1.807) is 6.92 Å². The van der Waals surface area contributed by atoms with Crippen molar-refractivity contribution in [3.8, 4) is 0 Å². The first-order valence-electron chi connectivity index (χ1n) is 8.47. The quantitative estimate of drug-likeness (QED) is 0.354. The molecule has 0 saturated carbocycles. The Labute approximate surface area is 176 Å². The molecule has 30 heavy (non-hydrogen) atoms. The van der Waals surface area contributed by atoms with E-state index < -0.39 is 48.9 Å². The molecule has 1 aromatic carbocycles. The van der Waals surface area contributed by atoms with Gasteiger partial charge in [0.05, 0.1) is 23.0 Å². The second kappa shape index (κ2) is 9.13. The average molecular weight is 461 g/mol. The summed E-state index contributed by atoms with van der Waals surface area (Å²) in [6, 6.07) is 2.82. The number of hydrogen-bond donors (Lipinski definition) is 1. The fourth-order valence-corrected chi connectivity index (χ4v) is 3.65. The number of nitrogens with zero attached hydrogens (tertiary/aromatic N) is 1. The number of benzene rings is 1. The van der Waals surface area contributed by atoms with Crippen molar-refractivity contribution < 1.29 is 36.8 Å². The number of carbonyl (C=O) groups is 2. The number of nitrogens with one attached hydrogen (secondary N) is 1. The smallest absolute Gasteiger partial charge is 0.344 e. The molecule has 0 saturated heterocycles. The van der Waals surface area contributed by atoms with Crippen LogP contribution >= 0.6 is 11.6 Å². The largest absolute Gasteiger partial charge is 0.462 e. The van der Waals surface area contributed by atoms with Crippen LogP contribution in [0.4, 0.5) is 11.6 Å². The van der Waals surface area contributed by atoms with Gasteiger partial charge < -0.3 is 13.9 Å². The third kappa shape index (κ3) is 4.71. The summed E-state index contributed by atoms with van der Waals surface area (Å²) in [5.74, 6) is -2.60. The lowest BCUT2D eigenvalue weighted by Gasteiger charge is -2.09. The van der Waals surface area contributed by atoms with Gasteiger partial charge in [-0.25, -0.2) is 22.7 Å². The maximum atomic E-state index is 12.7. The zero-order valence-electron chi connectivity index (χ0n) is 16.1. The van der Waals surface area contributed by atoms with Gasteiger partial charge in [0.1, 0.15) is 21.9 Å². The van der Waals surface area contributed by atoms with Gasteiger partial charge in [-0.2, -0.15) is 0 Å². The van der Waals surface area contributed by atoms with Crippen molar-refractivity contribution >= 4 is 45.1 Å². The van der Waals surface area contributed by atoms with Crippen LogP contribution in [0.2, 0.25) is 5.02 Å². The van der Waals surface area contributed by atoms with Gasteiger partial charge in [0.25, 0.3) is 15.7 Å². The fraction of sp³-hybridized carbons (Fsp3) is 0.294. The number of esters is 2. The van der Waals surface area contributed by atoms with Crippen LogP contribution in [0.15, 0.2) is 27.5 Å². The van der Waals surface area contributed by atoms with E-state index in [2.05, 4.69) is 0 Å². The van der Waals surface area contributed by atoms with Crippen LogP contribution in [0.3, 0.4) is 0 Å². The molecule has 2 rings (SSSR count). The third-order valence-electron chi connectivity index (χ3n) is 3.70. The average Bonchev–Trinajstić information content (AvgIpc) is 2.97. The van der Waals surface area contributed by atoms with Crippen molar-refractivity contribution in [3.63, 3.8) is 0 Å². The zero-order valence-corrected chi connectivity index (χ0v) is 17.6. The molecule has 0 amide bonds. The standard InChI is InChI=1S/C17H17ClN2O9S/c1-4-27-16(21)13-9(3)29-15(14(13)17(22)28-5-2)19-30(25,26)10-6-7-11(18)12(8-10)20(23)24/h6-8,19H,4-5H2,1-3H3. The van der Waals surface area contributed by atoms with Gasteiger partial charge in [0.15, 0.2) is 0 Å². The molecule has 0 bridgehead atoms. The van der Waals surface area contributed by atoms with Crippen LogP contribution in [0.1, 0.15) is 40.3 Å². The summed E-state index contributed by atoms with van der Waals surface area (Å²) < 4.78 is 42.5. The number of nitro benzene ring substituents is 1. The Morgan fingerprint density at radius 1 is 1.17 bits per heavy atom. The number of aryl methyl sites for hydroxylation is 1. The Bertz CT molecular complexity index is 1110. The predicted octanol–water partition coefficient (Wildman–Crippen LogP) is 3.30. The van der Waals surface area contributed by atoms with E-state index in [1.165, 1.54) is 13.8 Å². The first-order valence-corrected chi connectivity index (χ1v) is 10.3. The maximum Gasteiger partial charge on any atom is 0.344 e. The molecular weight excluding hydrogens is 444 g/mol. The zero-order chi connectivity index (χ0) is 22.6. The summed E-state index contributed by atoms with van der Waals surface area (Å²) >= 11 is 5.70. The predicted molar refractivity (Wildman–Crippen MR) is 104 cm³/mol. The van der Waals surface area contributed by atoms with E-state index in [4.69, 9.17) is 25.5 Å². The molecule has 2 aromatic rings. The van der Waals surface area contributed by atoms with Crippen molar-refractivity contribution in [2.24, 2.45) is 0 Å². The Hall–Kier alpha value is -3.12. The highest BCUT2D eigenvalue weighted by Crippen LogP contribution is 2.32. The van der Waals surface area contributed by atoms with Crippen LogP contribution < -0.4 is 4.72 Å². The Balaban J connectivity index is 2.57. The summed E-state index contributed by atoms with van der Waals surface area (Å²) in [7, 11) is -4.47. The molecule has 0 spiro atoms. The van der Waals surface area contributed by atoms with Gasteiger partial charge in [0.2, 0.25) is 5.88 Å². The molecular formula is C17H17ClN2O9S. The number of ether oxygens (including phenoxy) is 2. The minimum absolute atomic E-state index is 0.00121. The molecule has 1 heterocycles. The van der Waals surface area contributed by atoms with E-state index in [0.717, 1.165) is 18.2 Å². The number of furan rings is 1. The van der Waals surface area contributed by atoms with Crippen molar-refractivity contribution in [2.45, 2.75) is 25.7 Å². The molecule has 13 heteroatoms. The van der Waals surface area contributed by atoms with Crippen molar-refractivity contribution in [2.75, 3.05) is 17.9 Å². The van der Waals surface area contributed by atoms with Crippen LogP contribution in [0.25, 0.3) is 0 Å². The minimum Gasteiger partial charge on any atom is -0.462 e. The number of halogens is 1. The fourth-order valence-electron chi connectivity index (χ4n) is 2.44. The molecule has 0 aliphatic heterocycles. The summed E-state index contributed by atoms with van der Waals surface area (Å²) in [5, 5.41) is 10.8. The molecule has 0 aliphatic rings. The summed E-state index contributed by atoms with van der Waals surface area (Å²) in [6.45, 7) is 4.35. The van der Waals surface area contributed by atoms with Crippen LogP contribution in [-0.4, -0.2) is 38.5 Å².